The predicted molar refractivity (Wildman–Crippen MR) is 186 cm³/mol. The Morgan fingerprint density at radius 2 is 1.14 bits per heavy atom. The van der Waals surface area contributed by atoms with Crippen LogP contribution in [0.15, 0.2) is 152 Å². The summed E-state index contributed by atoms with van der Waals surface area (Å²) in [5, 5.41) is 5.01. The lowest BCUT2D eigenvalue weighted by Gasteiger charge is -2.11. The second kappa shape index (κ2) is 10.0. The van der Waals surface area contributed by atoms with Crippen molar-refractivity contribution < 1.29 is 0 Å². The van der Waals surface area contributed by atoms with Gasteiger partial charge in [0.2, 0.25) is 0 Å². The molecule has 3 nitrogen and oxygen atoms in total. The molecule has 0 bridgehead atoms. The summed E-state index contributed by atoms with van der Waals surface area (Å²) in [6, 6.07) is 53.6. The lowest BCUT2D eigenvalue weighted by Crippen LogP contribution is -1.97. The smallest absolute Gasteiger partial charge is 0.160 e. The lowest BCUT2D eigenvalue weighted by molar-refractivity contribution is 1.17. The van der Waals surface area contributed by atoms with E-state index >= 15 is 0 Å². The van der Waals surface area contributed by atoms with Crippen molar-refractivity contribution in [3.8, 4) is 39.6 Å². The zero-order chi connectivity index (χ0) is 29.0. The number of hydrogen-bond donors (Lipinski definition) is 0. The summed E-state index contributed by atoms with van der Waals surface area (Å²) >= 11 is 1.83. The van der Waals surface area contributed by atoms with Gasteiger partial charge in [0.1, 0.15) is 0 Å². The van der Waals surface area contributed by atoms with Crippen LogP contribution in [0.2, 0.25) is 0 Å². The first-order valence-electron chi connectivity index (χ1n) is 14.8. The molecule has 9 aromatic rings. The molecule has 3 aromatic heterocycles. The largest absolute Gasteiger partial charge is 0.309 e. The Labute approximate surface area is 258 Å². The minimum Gasteiger partial charge on any atom is -0.309 e. The van der Waals surface area contributed by atoms with E-state index in [1.807, 2.05) is 29.5 Å². The number of hydrogen-bond acceptors (Lipinski definition) is 3. The van der Waals surface area contributed by atoms with Crippen LogP contribution >= 0.6 is 11.3 Å². The first-order valence-corrected chi connectivity index (χ1v) is 15.6. The molecule has 44 heavy (non-hydrogen) atoms. The molecule has 3 heterocycles. The maximum atomic E-state index is 5.17. The number of rotatable bonds is 4. The molecule has 0 aliphatic rings. The maximum Gasteiger partial charge on any atom is 0.160 e. The summed E-state index contributed by atoms with van der Waals surface area (Å²) in [4.78, 5) is 10.3. The lowest BCUT2D eigenvalue weighted by atomic mass is 10.0. The minimum atomic E-state index is 0.722. The van der Waals surface area contributed by atoms with Crippen molar-refractivity contribution in [3.05, 3.63) is 152 Å². The Bertz CT molecular complexity index is 2490. The van der Waals surface area contributed by atoms with Crippen LogP contribution in [-0.4, -0.2) is 14.5 Å². The molecule has 0 spiro atoms. The third-order valence-electron chi connectivity index (χ3n) is 8.42. The quantitative estimate of drug-likeness (QED) is 0.208. The van der Waals surface area contributed by atoms with Crippen molar-refractivity contribution in [2.75, 3.05) is 0 Å². The van der Waals surface area contributed by atoms with Crippen LogP contribution in [-0.2, 0) is 0 Å². The Morgan fingerprint density at radius 3 is 2.00 bits per heavy atom. The van der Waals surface area contributed by atoms with Crippen molar-refractivity contribution in [1.82, 2.24) is 14.5 Å². The average Bonchev–Trinajstić information content (AvgIpc) is 3.64. The van der Waals surface area contributed by atoms with E-state index in [-0.39, 0.29) is 0 Å². The number of thiophene rings is 1. The molecular formula is C40H25N3S. The molecular weight excluding hydrogens is 555 g/mol. The molecule has 206 valence electrons. The van der Waals surface area contributed by atoms with Crippen LogP contribution in [0.1, 0.15) is 0 Å². The molecule has 4 heteroatoms. The van der Waals surface area contributed by atoms with E-state index in [9.17, 15) is 0 Å². The third-order valence-corrected chi connectivity index (χ3v) is 9.64. The van der Waals surface area contributed by atoms with Crippen molar-refractivity contribution in [2.45, 2.75) is 0 Å². The highest BCUT2D eigenvalue weighted by molar-refractivity contribution is 7.26. The molecule has 0 atom stereocenters. The normalized spacial score (nSPS) is 11.6. The first kappa shape index (κ1) is 25.0. The predicted octanol–water partition coefficient (Wildman–Crippen LogP) is 10.9. The fourth-order valence-corrected chi connectivity index (χ4v) is 7.61. The molecule has 9 rings (SSSR count). The summed E-state index contributed by atoms with van der Waals surface area (Å²) in [5.41, 5.74) is 8.50. The van der Waals surface area contributed by atoms with Crippen LogP contribution in [0.3, 0.4) is 0 Å². The zero-order valence-corrected chi connectivity index (χ0v) is 24.5. The van der Waals surface area contributed by atoms with Gasteiger partial charge in [-0.2, -0.15) is 0 Å². The molecule has 0 aliphatic heterocycles. The van der Waals surface area contributed by atoms with Gasteiger partial charge in [-0.1, -0.05) is 115 Å². The molecule has 0 amide bonds. The minimum absolute atomic E-state index is 0.722. The van der Waals surface area contributed by atoms with Gasteiger partial charge >= 0.3 is 0 Å². The SMILES string of the molecule is c1ccc(-c2nc(-c3ccc4c5ccccc5n(-c5ccccc5)c4c3)cc(-c3cccc4c3sc3ccccc34)n2)cc1. The second-order valence-corrected chi connectivity index (χ2v) is 12.1. The highest BCUT2D eigenvalue weighted by Crippen LogP contribution is 2.41. The van der Waals surface area contributed by atoms with E-state index in [0.29, 0.717) is 0 Å². The molecule has 0 aliphatic carbocycles. The Hall–Kier alpha value is -5.58. The van der Waals surface area contributed by atoms with Gasteiger partial charge in [-0.25, -0.2) is 9.97 Å². The molecule has 0 N–H and O–H groups in total. The Kier molecular flexibility index (Phi) is 5.68. The van der Waals surface area contributed by atoms with Gasteiger partial charge in [-0.15, -0.1) is 11.3 Å². The summed E-state index contributed by atoms with van der Waals surface area (Å²) < 4.78 is 4.88. The summed E-state index contributed by atoms with van der Waals surface area (Å²) in [5.74, 6) is 0.722. The van der Waals surface area contributed by atoms with Gasteiger partial charge < -0.3 is 4.57 Å². The van der Waals surface area contributed by atoms with Crippen molar-refractivity contribution in [2.24, 2.45) is 0 Å². The van der Waals surface area contributed by atoms with Crippen LogP contribution < -0.4 is 0 Å². The van der Waals surface area contributed by atoms with Gasteiger partial charge in [-0.05, 0) is 36.4 Å². The fourth-order valence-electron chi connectivity index (χ4n) is 6.38. The number of fused-ring (bicyclic) bond motifs is 6. The van der Waals surface area contributed by atoms with Crippen molar-refractivity contribution in [3.63, 3.8) is 0 Å². The van der Waals surface area contributed by atoms with Gasteiger partial charge in [0.05, 0.1) is 22.4 Å². The standard InChI is InChI=1S/C40H25N3S/c1-3-12-26(13-4-1)40-41-34(25-35(42-40)33-19-11-18-32-31-17-8-10-21-38(31)44-39(32)33)27-22-23-30-29-16-7-9-20-36(29)43(37(30)24-27)28-14-5-2-6-15-28/h1-25H. The average molecular weight is 580 g/mol. The van der Waals surface area contributed by atoms with E-state index in [2.05, 4.69) is 138 Å². The maximum absolute atomic E-state index is 5.17. The number of para-hydroxylation sites is 2. The number of nitrogens with zero attached hydrogens (tertiary/aromatic N) is 3. The fraction of sp³-hybridized carbons (Fsp3) is 0. The van der Waals surface area contributed by atoms with E-state index < -0.39 is 0 Å². The Balaban J connectivity index is 1.31. The van der Waals surface area contributed by atoms with E-state index in [1.54, 1.807) is 0 Å². The van der Waals surface area contributed by atoms with E-state index in [4.69, 9.17) is 9.97 Å². The second-order valence-electron chi connectivity index (χ2n) is 11.0. The number of benzene rings is 6. The summed E-state index contributed by atoms with van der Waals surface area (Å²) in [6.07, 6.45) is 0. The first-order chi connectivity index (χ1) is 21.8. The van der Waals surface area contributed by atoms with Crippen LogP contribution in [0.25, 0.3) is 81.6 Å². The summed E-state index contributed by atoms with van der Waals surface area (Å²) in [7, 11) is 0. The summed E-state index contributed by atoms with van der Waals surface area (Å²) in [6.45, 7) is 0. The van der Waals surface area contributed by atoms with E-state index in [0.717, 1.165) is 45.1 Å². The van der Waals surface area contributed by atoms with E-state index in [1.165, 1.54) is 36.5 Å². The molecule has 0 saturated heterocycles. The number of aromatic nitrogens is 3. The van der Waals surface area contributed by atoms with Crippen molar-refractivity contribution in [1.29, 1.82) is 0 Å². The highest BCUT2D eigenvalue weighted by Gasteiger charge is 2.17. The molecule has 0 unspecified atom stereocenters. The van der Waals surface area contributed by atoms with Gasteiger partial charge in [0.25, 0.3) is 0 Å². The highest BCUT2D eigenvalue weighted by atomic mass is 32.1. The van der Waals surface area contributed by atoms with Crippen LogP contribution in [0, 0.1) is 0 Å². The molecule has 6 aromatic carbocycles. The molecule has 0 radical (unpaired) electrons. The van der Waals surface area contributed by atoms with Crippen LogP contribution in [0.5, 0.6) is 0 Å². The van der Waals surface area contributed by atoms with Gasteiger partial charge in [-0.3, -0.25) is 0 Å². The molecule has 0 fully saturated rings. The van der Waals surface area contributed by atoms with Crippen molar-refractivity contribution >= 4 is 53.3 Å². The van der Waals surface area contributed by atoms with Gasteiger partial charge in [0, 0.05) is 53.3 Å². The monoisotopic (exact) mass is 579 g/mol. The van der Waals surface area contributed by atoms with Crippen LogP contribution in [0.4, 0.5) is 0 Å². The van der Waals surface area contributed by atoms with Gasteiger partial charge in [0.15, 0.2) is 5.82 Å². The topological polar surface area (TPSA) is 30.7 Å². The third kappa shape index (κ3) is 3.96. The zero-order valence-electron chi connectivity index (χ0n) is 23.7. The molecule has 0 saturated carbocycles. The Morgan fingerprint density at radius 1 is 0.455 bits per heavy atom.